The third kappa shape index (κ3) is 1.22. The number of hydrogen-bond acceptors (Lipinski definition) is 4. The van der Waals surface area contributed by atoms with E-state index in [9.17, 15) is 4.79 Å². The molecule has 0 unspecified atom stereocenters. The van der Waals surface area contributed by atoms with Crippen molar-refractivity contribution in [2.75, 3.05) is 5.73 Å². The van der Waals surface area contributed by atoms with Crippen LogP contribution < -0.4 is 5.73 Å². The van der Waals surface area contributed by atoms with Gasteiger partial charge in [0.2, 0.25) is 5.95 Å². The zero-order chi connectivity index (χ0) is 9.26. The van der Waals surface area contributed by atoms with Crippen molar-refractivity contribution in [3.05, 3.63) is 30.0 Å². The number of fused-ring (bicyclic) bond motifs is 1. The standard InChI is InChI=1S/C9H7N3O/c10-9-11-4-7-6(5-13)2-1-3-8(7)12-9/h1-5H,(H2,10,11,12). The van der Waals surface area contributed by atoms with E-state index in [1.54, 1.807) is 24.4 Å². The summed E-state index contributed by atoms with van der Waals surface area (Å²) >= 11 is 0. The Hall–Kier alpha value is -1.97. The number of nitrogens with zero attached hydrogens (tertiary/aromatic N) is 2. The van der Waals surface area contributed by atoms with Crippen LogP contribution in [0.15, 0.2) is 24.4 Å². The van der Waals surface area contributed by atoms with Crippen molar-refractivity contribution in [3.8, 4) is 0 Å². The molecule has 0 aliphatic carbocycles. The van der Waals surface area contributed by atoms with E-state index in [-0.39, 0.29) is 5.95 Å². The SMILES string of the molecule is Nc1ncc2c(C=O)cccc2n1. The summed E-state index contributed by atoms with van der Waals surface area (Å²) in [6, 6.07) is 5.27. The number of nitrogen functional groups attached to an aromatic ring is 1. The molecule has 2 aromatic rings. The predicted octanol–water partition coefficient (Wildman–Crippen LogP) is 1.02. The van der Waals surface area contributed by atoms with Gasteiger partial charge in [-0.15, -0.1) is 0 Å². The van der Waals surface area contributed by atoms with Gasteiger partial charge in [-0.1, -0.05) is 12.1 Å². The number of carbonyl (C=O) groups is 1. The molecule has 1 aromatic carbocycles. The van der Waals surface area contributed by atoms with Gasteiger partial charge in [0.05, 0.1) is 5.52 Å². The smallest absolute Gasteiger partial charge is 0.220 e. The normalized spacial score (nSPS) is 10.2. The van der Waals surface area contributed by atoms with E-state index in [1.807, 2.05) is 0 Å². The Balaban J connectivity index is 2.84. The molecular formula is C9H7N3O. The minimum atomic E-state index is 0.218. The molecule has 0 fully saturated rings. The molecule has 1 heterocycles. The molecule has 1 aromatic heterocycles. The summed E-state index contributed by atoms with van der Waals surface area (Å²) < 4.78 is 0. The molecule has 0 aliphatic rings. The number of aromatic nitrogens is 2. The summed E-state index contributed by atoms with van der Waals surface area (Å²) in [5.74, 6) is 0.218. The maximum atomic E-state index is 10.6. The quantitative estimate of drug-likeness (QED) is 0.654. The second-order valence-corrected chi connectivity index (χ2v) is 2.63. The fraction of sp³-hybridized carbons (Fsp3) is 0. The van der Waals surface area contributed by atoms with Gasteiger partial charge in [-0.05, 0) is 6.07 Å². The molecule has 13 heavy (non-hydrogen) atoms. The fourth-order valence-electron chi connectivity index (χ4n) is 1.19. The zero-order valence-corrected chi connectivity index (χ0v) is 6.77. The van der Waals surface area contributed by atoms with Gasteiger partial charge in [0.25, 0.3) is 0 Å². The van der Waals surface area contributed by atoms with Crippen molar-refractivity contribution in [2.45, 2.75) is 0 Å². The van der Waals surface area contributed by atoms with Crippen LogP contribution in [-0.4, -0.2) is 16.3 Å². The average molecular weight is 173 g/mol. The van der Waals surface area contributed by atoms with Crippen LogP contribution in [0, 0.1) is 0 Å². The molecule has 0 saturated heterocycles. The number of nitrogens with two attached hydrogens (primary N) is 1. The highest BCUT2D eigenvalue weighted by molar-refractivity contribution is 5.96. The first-order chi connectivity index (χ1) is 6.31. The first kappa shape index (κ1) is 7.67. The van der Waals surface area contributed by atoms with Gasteiger partial charge in [-0.25, -0.2) is 9.97 Å². The maximum Gasteiger partial charge on any atom is 0.220 e. The van der Waals surface area contributed by atoms with Gasteiger partial charge < -0.3 is 5.73 Å². The average Bonchev–Trinajstić information content (AvgIpc) is 2.16. The highest BCUT2D eigenvalue weighted by Gasteiger charge is 2.00. The molecule has 0 aliphatic heterocycles. The Morgan fingerprint density at radius 2 is 2.23 bits per heavy atom. The number of benzene rings is 1. The summed E-state index contributed by atoms with van der Waals surface area (Å²) in [4.78, 5) is 18.4. The lowest BCUT2D eigenvalue weighted by atomic mass is 10.1. The van der Waals surface area contributed by atoms with Crippen LogP contribution in [-0.2, 0) is 0 Å². The second-order valence-electron chi connectivity index (χ2n) is 2.63. The molecular weight excluding hydrogens is 166 g/mol. The van der Waals surface area contributed by atoms with Gasteiger partial charge >= 0.3 is 0 Å². The molecule has 0 amide bonds. The number of anilines is 1. The van der Waals surface area contributed by atoms with Crippen molar-refractivity contribution < 1.29 is 4.79 Å². The van der Waals surface area contributed by atoms with Crippen LogP contribution in [0.1, 0.15) is 10.4 Å². The molecule has 0 saturated carbocycles. The summed E-state index contributed by atoms with van der Waals surface area (Å²) in [5, 5.41) is 0.728. The third-order valence-corrected chi connectivity index (χ3v) is 1.80. The van der Waals surface area contributed by atoms with Crippen LogP contribution >= 0.6 is 0 Å². The lowest BCUT2D eigenvalue weighted by Gasteiger charge is -1.99. The minimum absolute atomic E-state index is 0.218. The summed E-state index contributed by atoms with van der Waals surface area (Å²) in [7, 11) is 0. The lowest BCUT2D eigenvalue weighted by molar-refractivity contribution is 0.112. The second kappa shape index (κ2) is 2.82. The molecule has 2 N–H and O–H groups in total. The van der Waals surface area contributed by atoms with Gasteiger partial charge in [0, 0.05) is 17.1 Å². The topological polar surface area (TPSA) is 68.9 Å². The molecule has 0 bridgehead atoms. The predicted molar refractivity (Wildman–Crippen MR) is 49.3 cm³/mol. The van der Waals surface area contributed by atoms with E-state index in [1.165, 1.54) is 0 Å². The third-order valence-electron chi connectivity index (χ3n) is 1.80. The lowest BCUT2D eigenvalue weighted by Crippen LogP contribution is -1.95. The molecule has 0 atom stereocenters. The number of carbonyl (C=O) groups excluding carboxylic acids is 1. The molecule has 4 heteroatoms. The summed E-state index contributed by atoms with van der Waals surface area (Å²) in [5.41, 5.74) is 6.68. The van der Waals surface area contributed by atoms with Crippen LogP contribution in [0.5, 0.6) is 0 Å². The van der Waals surface area contributed by atoms with E-state index in [2.05, 4.69) is 9.97 Å². The Labute approximate surface area is 74.4 Å². The molecule has 64 valence electrons. The number of rotatable bonds is 1. The molecule has 0 spiro atoms. The largest absolute Gasteiger partial charge is 0.368 e. The summed E-state index contributed by atoms with van der Waals surface area (Å²) in [6.07, 6.45) is 2.34. The number of aldehydes is 1. The Bertz CT molecular complexity index is 467. The zero-order valence-electron chi connectivity index (χ0n) is 6.77. The van der Waals surface area contributed by atoms with E-state index < -0.39 is 0 Å². The minimum Gasteiger partial charge on any atom is -0.368 e. The van der Waals surface area contributed by atoms with Crippen LogP contribution in [0.3, 0.4) is 0 Å². The van der Waals surface area contributed by atoms with E-state index in [0.717, 1.165) is 11.7 Å². The first-order valence-corrected chi connectivity index (χ1v) is 3.77. The highest BCUT2D eigenvalue weighted by atomic mass is 16.1. The highest BCUT2D eigenvalue weighted by Crippen LogP contribution is 2.14. The fourth-order valence-corrected chi connectivity index (χ4v) is 1.19. The van der Waals surface area contributed by atoms with Crippen molar-refractivity contribution in [1.82, 2.24) is 9.97 Å². The van der Waals surface area contributed by atoms with Gasteiger partial charge in [-0.2, -0.15) is 0 Å². The van der Waals surface area contributed by atoms with Crippen LogP contribution in [0.4, 0.5) is 5.95 Å². The number of hydrogen-bond donors (Lipinski definition) is 1. The Kier molecular flexibility index (Phi) is 1.66. The monoisotopic (exact) mass is 173 g/mol. The maximum absolute atomic E-state index is 10.6. The summed E-state index contributed by atoms with van der Waals surface area (Å²) in [6.45, 7) is 0. The van der Waals surface area contributed by atoms with Gasteiger partial charge in [0.15, 0.2) is 6.29 Å². The van der Waals surface area contributed by atoms with Crippen molar-refractivity contribution in [3.63, 3.8) is 0 Å². The molecule has 0 radical (unpaired) electrons. The first-order valence-electron chi connectivity index (χ1n) is 3.77. The van der Waals surface area contributed by atoms with Gasteiger partial charge in [0.1, 0.15) is 0 Å². The Morgan fingerprint density at radius 1 is 1.38 bits per heavy atom. The van der Waals surface area contributed by atoms with E-state index >= 15 is 0 Å². The molecule has 4 nitrogen and oxygen atoms in total. The van der Waals surface area contributed by atoms with Crippen LogP contribution in [0.2, 0.25) is 0 Å². The molecule has 2 rings (SSSR count). The Morgan fingerprint density at radius 3 is 3.00 bits per heavy atom. The van der Waals surface area contributed by atoms with Crippen LogP contribution in [0.25, 0.3) is 10.9 Å². The van der Waals surface area contributed by atoms with Crippen molar-refractivity contribution >= 4 is 23.1 Å². The van der Waals surface area contributed by atoms with Crippen molar-refractivity contribution in [1.29, 1.82) is 0 Å². The van der Waals surface area contributed by atoms with Crippen molar-refractivity contribution in [2.24, 2.45) is 0 Å². The van der Waals surface area contributed by atoms with E-state index in [0.29, 0.717) is 11.1 Å². The van der Waals surface area contributed by atoms with E-state index in [4.69, 9.17) is 5.73 Å². The van der Waals surface area contributed by atoms with Gasteiger partial charge in [-0.3, -0.25) is 4.79 Å².